The molecule has 4 N–H and O–H groups in total. The second-order valence-electron chi connectivity index (χ2n) is 17.4. The second-order valence-corrected chi connectivity index (χ2v) is 18.7. The number of hydrogen-bond donors (Lipinski definition) is 3. The molecule has 2 bridgehead atoms. The summed E-state index contributed by atoms with van der Waals surface area (Å²) in [5.74, 6) is 1.09. The number of rotatable bonds is 10. The predicted molar refractivity (Wildman–Crippen MR) is 211 cm³/mol. The SMILES string of the molecule is C=C[C@]1(C)C[C@@H](OC(=O)CSC2CCN(C(=O)CCn3cnc4c(N5CCC(NC)C5)nc(N)nc43)CC2)[C@]2(C)[C@H](C)CC[C@]3(CCC(=O)[C@@H]32)[C@@H](C)[C@@H]1O. The summed E-state index contributed by atoms with van der Waals surface area (Å²) in [6.45, 7) is 16.0. The highest BCUT2D eigenvalue weighted by Gasteiger charge is 2.68. The number of aliphatic hydroxyl groups is 1. The Bertz CT molecular complexity index is 1760. The summed E-state index contributed by atoms with van der Waals surface area (Å²) in [5.41, 5.74) is 5.98. The standard InChI is InChI=1S/C40H60N8O5S/c1-7-38(4)20-29(39(5)24(2)8-14-40(25(3)34(38)52)15-9-28(49)33(39)40)53-31(51)22-54-27-11-17-46(18-12-27)30(50)13-19-48-23-43-32-35(44-37(41)45-36(32)48)47-16-10-26(21-47)42-6/h7,23-27,29,33-34,42,52H,1,8-22H2,2-6H3,(H2,41,44,45)/t24-,25+,26?,29-,33-,34+,38-,39+,40+/m1/s1. The van der Waals surface area contributed by atoms with Crippen molar-refractivity contribution in [3.05, 3.63) is 19.0 Å². The first-order valence-corrected chi connectivity index (χ1v) is 21.1. The van der Waals surface area contributed by atoms with Crippen molar-refractivity contribution in [3.63, 3.8) is 0 Å². The Hall–Kier alpha value is -3.23. The molecule has 54 heavy (non-hydrogen) atoms. The summed E-state index contributed by atoms with van der Waals surface area (Å²) in [4.78, 5) is 58.4. The van der Waals surface area contributed by atoms with E-state index in [1.54, 1.807) is 18.1 Å². The van der Waals surface area contributed by atoms with Crippen LogP contribution in [0.25, 0.3) is 11.2 Å². The second kappa shape index (κ2) is 15.0. The van der Waals surface area contributed by atoms with Crippen LogP contribution in [-0.4, -0.2) is 110 Å². The molecule has 3 saturated carbocycles. The van der Waals surface area contributed by atoms with Crippen LogP contribution in [0.4, 0.5) is 11.8 Å². The lowest BCUT2D eigenvalue weighted by atomic mass is 9.44. The molecule has 2 aliphatic heterocycles. The molecule has 3 aliphatic carbocycles. The van der Waals surface area contributed by atoms with Gasteiger partial charge in [0.2, 0.25) is 11.9 Å². The number of aryl methyl sites for hydroxylation is 1. The molecule has 14 heteroatoms. The van der Waals surface area contributed by atoms with E-state index in [0.717, 1.165) is 57.4 Å². The van der Waals surface area contributed by atoms with Gasteiger partial charge in [-0.05, 0) is 69.2 Å². The highest BCUT2D eigenvalue weighted by Crippen LogP contribution is 2.68. The average molecular weight is 765 g/mol. The highest BCUT2D eigenvalue weighted by atomic mass is 32.2. The summed E-state index contributed by atoms with van der Waals surface area (Å²) in [5, 5.41) is 15.4. The molecule has 296 valence electrons. The number of thioether (sulfide) groups is 1. The number of likely N-dealkylation sites (tertiary alicyclic amines) is 1. The van der Waals surface area contributed by atoms with E-state index in [4.69, 9.17) is 10.5 Å². The lowest BCUT2D eigenvalue weighted by molar-refractivity contribution is -0.205. The Morgan fingerprint density at radius 3 is 2.61 bits per heavy atom. The molecule has 2 saturated heterocycles. The maximum atomic E-state index is 13.7. The molecular formula is C40H60N8O5S. The van der Waals surface area contributed by atoms with Gasteiger partial charge in [-0.1, -0.05) is 33.8 Å². The number of imidazole rings is 1. The van der Waals surface area contributed by atoms with Crippen molar-refractivity contribution in [1.82, 2.24) is 29.7 Å². The number of anilines is 2. The average Bonchev–Trinajstić information content (AvgIpc) is 3.91. The van der Waals surface area contributed by atoms with Crippen LogP contribution in [0.2, 0.25) is 0 Å². The molecule has 5 fully saturated rings. The zero-order valence-electron chi connectivity index (χ0n) is 32.8. The van der Waals surface area contributed by atoms with E-state index in [-0.39, 0.29) is 57.8 Å². The van der Waals surface area contributed by atoms with Crippen molar-refractivity contribution < 1.29 is 24.2 Å². The van der Waals surface area contributed by atoms with Gasteiger partial charge in [-0.3, -0.25) is 14.4 Å². The summed E-state index contributed by atoms with van der Waals surface area (Å²) in [7, 11) is 1.97. The van der Waals surface area contributed by atoms with E-state index in [1.165, 1.54) is 0 Å². The fourth-order valence-corrected chi connectivity index (χ4v) is 12.0. The van der Waals surface area contributed by atoms with E-state index >= 15 is 0 Å². The third kappa shape index (κ3) is 6.71. The summed E-state index contributed by atoms with van der Waals surface area (Å²) >= 11 is 1.60. The molecule has 2 aromatic heterocycles. The van der Waals surface area contributed by atoms with E-state index in [2.05, 4.69) is 52.5 Å². The van der Waals surface area contributed by atoms with Gasteiger partial charge in [0.1, 0.15) is 11.9 Å². The third-order valence-corrected chi connectivity index (χ3v) is 16.1. The molecule has 0 spiro atoms. The number of Topliss-reactive ketones (excluding diaryl/α,β-unsaturated/α-hetero) is 1. The van der Waals surface area contributed by atoms with Gasteiger partial charge in [0.25, 0.3) is 0 Å². The van der Waals surface area contributed by atoms with Crippen LogP contribution in [0, 0.1) is 34.0 Å². The van der Waals surface area contributed by atoms with Gasteiger partial charge in [0, 0.05) is 73.6 Å². The van der Waals surface area contributed by atoms with Crippen LogP contribution >= 0.6 is 11.8 Å². The number of aliphatic hydroxyl groups excluding tert-OH is 1. The van der Waals surface area contributed by atoms with Gasteiger partial charge in [-0.2, -0.15) is 9.97 Å². The van der Waals surface area contributed by atoms with E-state index in [9.17, 15) is 19.5 Å². The number of esters is 1. The third-order valence-electron chi connectivity index (χ3n) is 14.7. The van der Waals surface area contributed by atoms with Gasteiger partial charge < -0.3 is 35.3 Å². The number of piperidine rings is 1. The Morgan fingerprint density at radius 2 is 1.91 bits per heavy atom. The van der Waals surface area contributed by atoms with Gasteiger partial charge in [-0.15, -0.1) is 18.3 Å². The van der Waals surface area contributed by atoms with Crippen molar-refractivity contribution in [2.45, 2.75) is 116 Å². The molecule has 0 aromatic carbocycles. The summed E-state index contributed by atoms with van der Waals surface area (Å²) in [6.07, 6.45) is 8.88. The first-order valence-electron chi connectivity index (χ1n) is 20.1. The molecule has 2 aromatic rings. The molecule has 13 nitrogen and oxygen atoms in total. The number of amides is 1. The van der Waals surface area contributed by atoms with Crippen LogP contribution in [-0.2, 0) is 25.7 Å². The molecule has 0 radical (unpaired) electrons. The molecular weight excluding hydrogens is 705 g/mol. The van der Waals surface area contributed by atoms with Gasteiger partial charge in [-0.25, -0.2) is 4.98 Å². The number of fused-ring (bicyclic) bond motifs is 1. The predicted octanol–water partition coefficient (Wildman–Crippen LogP) is 4.23. The number of hydrogen-bond acceptors (Lipinski definition) is 12. The summed E-state index contributed by atoms with van der Waals surface area (Å²) in [6, 6.07) is 0.386. The van der Waals surface area contributed by atoms with E-state index in [0.29, 0.717) is 56.1 Å². The van der Waals surface area contributed by atoms with Gasteiger partial charge in [0.15, 0.2) is 17.0 Å². The highest BCUT2D eigenvalue weighted by molar-refractivity contribution is 8.00. The Balaban J connectivity index is 0.938. The topological polar surface area (TPSA) is 169 Å². The number of nitrogen functional groups attached to an aromatic ring is 1. The van der Waals surface area contributed by atoms with Crippen LogP contribution in [0.1, 0.15) is 85.5 Å². The monoisotopic (exact) mass is 764 g/mol. The lowest BCUT2D eigenvalue weighted by Crippen LogP contribution is -2.63. The maximum absolute atomic E-state index is 13.7. The number of carbonyl (C=O) groups excluding carboxylic acids is 3. The first-order chi connectivity index (χ1) is 25.7. The van der Waals surface area contributed by atoms with Crippen LogP contribution in [0.5, 0.6) is 0 Å². The quantitative estimate of drug-likeness (QED) is 0.233. The van der Waals surface area contributed by atoms with Crippen LogP contribution in [0.3, 0.4) is 0 Å². The van der Waals surface area contributed by atoms with Crippen molar-refractivity contribution in [2.75, 3.05) is 49.6 Å². The fraction of sp³-hybridized carbons (Fsp3) is 0.750. The number of aromatic nitrogens is 4. The molecule has 1 amide bonds. The van der Waals surface area contributed by atoms with Crippen LogP contribution < -0.4 is 16.0 Å². The van der Waals surface area contributed by atoms with Crippen LogP contribution in [0.15, 0.2) is 19.0 Å². The number of ketones is 1. The van der Waals surface area contributed by atoms with E-state index in [1.807, 2.05) is 29.5 Å². The minimum Gasteiger partial charge on any atom is -0.461 e. The zero-order valence-corrected chi connectivity index (χ0v) is 33.6. The lowest BCUT2D eigenvalue weighted by Gasteiger charge is -2.61. The number of nitrogens with one attached hydrogen (secondary N) is 1. The molecule has 7 rings (SSSR count). The number of carbonyl (C=O) groups is 3. The molecule has 4 heterocycles. The number of nitrogens with zero attached hydrogens (tertiary/aromatic N) is 6. The zero-order chi connectivity index (χ0) is 38.6. The number of likely N-dealkylation sites (N-methyl/N-ethyl adjacent to an activating group) is 1. The van der Waals surface area contributed by atoms with Crippen molar-refractivity contribution in [3.8, 4) is 0 Å². The van der Waals surface area contributed by atoms with Gasteiger partial charge in [0.05, 0.1) is 18.2 Å². The summed E-state index contributed by atoms with van der Waals surface area (Å²) < 4.78 is 8.35. The maximum Gasteiger partial charge on any atom is 0.316 e. The molecule has 9 atom stereocenters. The van der Waals surface area contributed by atoms with Crippen molar-refractivity contribution in [2.24, 2.45) is 34.0 Å². The normalized spacial score (nSPS) is 35.9. The molecule has 1 unspecified atom stereocenters. The van der Waals surface area contributed by atoms with Gasteiger partial charge >= 0.3 is 5.97 Å². The Labute approximate surface area is 323 Å². The fourth-order valence-electron chi connectivity index (χ4n) is 11.0. The smallest absolute Gasteiger partial charge is 0.316 e. The first kappa shape index (κ1) is 39.0. The number of ether oxygens (including phenoxy) is 1. The Kier molecular flexibility index (Phi) is 10.9. The largest absolute Gasteiger partial charge is 0.461 e. The molecule has 5 aliphatic rings. The minimum atomic E-state index is -0.684. The van der Waals surface area contributed by atoms with Crippen molar-refractivity contribution >= 4 is 52.4 Å². The minimum absolute atomic E-state index is 0.0618. The Morgan fingerprint density at radius 1 is 1.15 bits per heavy atom. The number of nitrogens with two attached hydrogens (primary N) is 1. The van der Waals surface area contributed by atoms with Crippen molar-refractivity contribution in [1.29, 1.82) is 0 Å². The van der Waals surface area contributed by atoms with E-state index < -0.39 is 23.0 Å².